The maximum absolute atomic E-state index is 13.2. The van der Waals surface area contributed by atoms with Crippen molar-refractivity contribution in [3.8, 4) is 5.75 Å². The third-order valence-electron chi connectivity index (χ3n) is 7.45. The summed E-state index contributed by atoms with van der Waals surface area (Å²) in [5.41, 5.74) is 6.20. The number of nitrogens with one attached hydrogen (secondary N) is 1. The van der Waals surface area contributed by atoms with Crippen molar-refractivity contribution in [1.29, 1.82) is 0 Å². The Bertz CT molecular complexity index is 1620. The minimum Gasteiger partial charge on any atom is -0.497 e. The monoisotopic (exact) mass is 536 g/mol. The number of methoxy groups -OCH3 is 1. The van der Waals surface area contributed by atoms with Crippen LogP contribution in [0.25, 0.3) is 10.9 Å². The molecule has 0 aliphatic rings. The average Bonchev–Trinajstić information content (AvgIpc) is 3.42. The first-order chi connectivity index (χ1) is 19.5. The van der Waals surface area contributed by atoms with Crippen LogP contribution in [0.4, 0.5) is 0 Å². The number of aromatic amines is 1. The van der Waals surface area contributed by atoms with Crippen LogP contribution >= 0.6 is 0 Å². The predicted molar refractivity (Wildman–Crippen MR) is 157 cm³/mol. The Balaban J connectivity index is 1.50. The number of rotatable bonds is 11. The third kappa shape index (κ3) is 6.13. The standard InChI is InChI=1S/C32H36N6O2/c1-5-23-13-16-29-26(17-23)18-27(32(39)33-29)21-37(19-24-9-7-22(3)8-10-24)30(6-2)31-34-35-36-38(31)20-25-11-14-28(40-4)15-12-25/h7-18,30H,5-6,19-21H2,1-4H3,(H,33,39)/t30-/m0/s1. The van der Waals surface area contributed by atoms with Gasteiger partial charge in [-0.15, -0.1) is 5.10 Å². The Morgan fingerprint density at radius 2 is 1.65 bits per heavy atom. The van der Waals surface area contributed by atoms with Crippen LogP contribution in [0.5, 0.6) is 5.75 Å². The number of hydrogen-bond acceptors (Lipinski definition) is 6. The molecule has 2 heterocycles. The van der Waals surface area contributed by atoms with Gasteiger partial charge in [-0.05, 0) is 82.6 Å². The van der Waals surface area contributed by atoms with Gasteiger partial charge in [0.25, 0.3) is 5.56 Å². The van der Waals surface area contributed by atoms with Gasteiger partial charge in [-0.1, -0.05) is 61.9 Å². The number of nitrogens with zero attached hydrogens (tertiary/aromatic N) is 5. The predicted octanol–water partition coefficient (Wildman–Crippen LogP) is 5.60. The summed E-state index contributed by atoms with van der Waals surface area (Å²) in [6.45, 7) is 8.01. The summed E-state index contributed by atoms with van der Waals surface area (Å²) >= 11 is 0. The van der Waals surface area contributed by atoms with Crippen LogP contribution in [0.1, 0.15) is 60.0 Å². The van der Waals surface area contributed by atoms with Crippen LogP contribution in [-0.4, -0.2) is 37.2 Å². The second-order valence-electron chi connectivity index (χ2n) is 10.3. The molecule has 1 N–H and O–H groups in total. The van der Waals surface area contributed by atoms with Crippen molar-refractivity contribution in [3.05, 3.63) is 117 Å². The van der Waals surface area contributed by atoms with E-state index in [1.54, 1.807) is 7.11 Å². The van der Waals surface area contributed by atoms with E-state index in [9.17, 15) is 4.79 Å². The molecule has 40 heavy (non-hydrogen) atoms. The van der Waals surface area contributed by atoms with E-state index in [1.165, 1.54) is 16.7 Å². The quantitative estimate of drug-likeness (QED) is 0.237. The van der Waals surface area contributed by atoms with Gasteiger partial charge in [-0.2, -0.15) is 0 Å². The van der Waals surface area contributed by atoms with Gasteiger partial charge in [0.1, 0.15) is 5.75 Å². The van der Waals surface area contributed by atoms with Gasteiger partial charge in [0.05, 0.1) is 19.7 Å². The molecule has 3 aromatic carbocycles. The number of H-pyrrole nitrogens is 1. The maximum Gasteiger partial charge on any atom is 0.252 e. The van der Waals surface area contributed by atoms with Crippen LogP contribution < -0.4 is 10.3 Å². The maximum atomic E-state index is 13.2. The van der Waals surface area contributed by atoms with E-state index in [0.29, 0.717) is 19.6 Å². The summed E-state index contributed by atoms with van der Waals surface area (Å²) in [7, 11) is 1.66. The summed E-state index contributed by atoms with van der Waals surface area (Å²) in [4.78, 5) is 18.6. The SMILES string of the molecule is CCc1ccc2[nH]c(=O)c(CN(Cc3ccc(C)cc3)[C@@H](CC)c3nnnn3Cc3ccc(OC)cc3)cc2c1. The second kappa shape index (κ2) is 12.3. The number of aryl methyl sites for hydroxylation is 2. The van der Waals surface area contributed by atoms with Gasteiger partial charge in [0.2, 0.25) is 0 Å². The number of hydrogen-bond donors (Lipinski definition) is 1. The Labute approximate surface area is 234 Å². The molecule has 0 radical (unpaired) electrons. The van der Waals surface area contributed by atoms with Crippen molar-refractivity contribution in [2.24, 2.45) is 0 Å². The van der Waals surface area contributed by atoms with E-state index in [2.05, 4.69) is 82.6 Å². The van der Waals surface area contributed by atoms with E-state index in [4.69, 9.17) is 4.74 Å². The van der Waals surface area contributed by atoms with Crippen molar-refractivity contribution in [3.63, 3.8) is 0 Å². The molecule has 5 rings (SSSR count). The number of pyridine rings is 1. The number of ether oxygens (including phenoxy) is 1. The van der Waals surface area contributed by atoms with Gasteiger partial charge >= 0.3 is 0 Å². The normalized spacial score (nSPS) is 12.2. The number of fused-ring (bicyclic) bond motifs is 1. The molecule has 0 saturated carbocycles. The topological polar surface area (TPSA) is 88.9 Å². The smallest absolute Gasteiger partial charge is 0.252 e. The molecular formula is C32H36N6O2. The Morgan fingerprint density at radius 1 is 0.925 bits per heavy atom. The second-order valence-corrected chi connectivity index (χ2v) is 10.3. The molecule has 0 amide bonds. The van der Waals surface area contributed by atoms with Crippen molar-refractivity contribution < 1.29 is 4.74 Å². The Kier molecular flexibility index (Phi) is 8.36. The third-order valence-corrected chi connectivity index (χ3v) is 7.45. The molecule has 8 nitrogen and oxygen atoms in total. The van der Waals surface area contributed by atoms with Crippen molar-refractivity contribution in [2.75, 3.05) is 7.11 Å². The fourth-order valence-corrected chi connectivity index (χ4v) is 5.13. The molecule has 5 aromatic rings. The summed E-state index contributed by atoms with van der Waals surface area (Å²) < 4.78 is 7.16. The lowest BCUT2D eigenvalue weighted by atomic mass is 10.0. The Hall–Kier alpha value is -4.30. The van der Waals surface area contributed by atoms with Crippen LogP contribution in [0.2, 0.25) is 0 Å². The minimum atomic E-state index is -0.105. The highest BCUT2D eigenvalue weighted by atomic mass is 16.5. The van der Waals surface area contributed by atoms with E-state index in [0.717, 1.165) is 46.4 Å². The molecule has 1 atom stereocenters. The first-order valence-electron chi connectivity index (χ1n) is 13.8. The summed E-state index contributed by atoms with van der Waals surface area (Å²) in [6, 6.07) is 24.6. The molecule has 0 fully saturated rings. The molecule has 0 aliphatic heterocycles. The van der Waals surface area contributed by atoms with E-state index >= 15 is 0 Å². The highest BCUT2D eigenvalue weighted by Gasteiger charge is 2.26. The average molecular weight is 537 g/mol. The van der Waals surface area contributed by atoms with Crippen LogP contribution in [0.3, 0.4) is 0 Å². The first kappa shape index (κ1) is 27.3. The lowest BCUT2D eigenvalue weighted by molar-refractivity contribution is 0.161. The molecule has 0 bridgehead atoms. The highest BCUT2D eigenvalue weighted by molar-refractivity contribution is 5.79. The largest absolute Gasteiger partial charge is 0.497 e. The zero-order valence-electron chi connectivity index (χ0n) is 23.6. The lowest BCUT2D eigenvalue weighted by Gasteiger charge is -2.30. The van der Waals surface area contributed by atoms with Crippen molar-refractivity contribution in [2.45, 2.75) is 59.3 Å². The zero-order chi connectivity index (χ0) is 28.1. The molecular weight excluding hydrogens is 500 g/mol. The number of benzene rings is 3. The molecule has 0 saturated heterocycles. The van der Waals surface area contributed by atoms with Crippen LogP contribution in [0.15, 0.2) is 77.6 Å². The summed E-state index contributed by atoms with van der Waals surface area (Å²) in [5, 5.41) is 13.9. The van der Waals surface area contributed by atoms with Gasteiger partial charge in [0, 0.05) is 24.2 Å². The van der Waals surface area contributed by atoms with E-state index < -0.39 is 0 Å². The molecule has 0 unspecified atom stereocenters. The van der Waals surface area contributed by atoms with Crippen LogP contribution in [0, 0.1) is 6.92 Å². The molecule has 0 aliphatic carbocycles. The first-order valence-corrected chi connectivity index (χ1v) is 13.8. The highest BCUT2D eigenvalue weighted by Crippen LogP contribution is 2.27. The summed E-state index contributed by atoms with van der Waals surface area (Å²) in [5.74, 6) is 1.58. The molecule has 8 heteroatoms. The lowest BCUT2D eigenvalue weighted by Crippen LogP contribution is -2.32. The van der Waals surface area contributed by atoms with E-state index in [1.807, 2.05) is 41.1 Å². The molecule has 0 spiro atoms. The minimum absolute atomic E-state index is 0.0710. The molecule has 2 aromatic heterocycles. The fourth-order valence-electron chi connectivity index (χ4n) is 5.13. The van der Waals surface area contributed by atoms with Gasteiger partial charge in [-0.25, -0.2) is 4.68 Å². The van der Waals surface area contributed by atoms with Gasteiger partial charge in [-0.3, -0.25) is 9.69 Å². The summed E-state index contributed by atoms with van der Waals surface area (Å²) in [6.07, 6.45) is 1.72. The van der Waals surface area contributed by atoms with E-state index in [-0.39, 0.29) is 11.6 Å². The van der Waals surface area contributed by atoms with Crippen LogP contribution in [-0.2, 0) is 26.1 Å². The Morgan fingerprint density at radius 3 is 2.35 bits per heavy atom. The van der Waals surface area contributed by atoms with Gasteiger partial charge in [0.15, 0.2) is 5.82 Å². The van der Waals surface area contributed by atoms with Crippen molar-refractivity contribution in [1.82, 2.24) is 30.1 Å². The number of tetrazole rings is 1. The van der Waals surface area contributed by atoms with Gasteiger partial charge < -0.3 is 9.72 Å². The fraction of sp³-hybridized carbons (Fsp3) is 0.312. The van der Waals surface area contributed by atoms with Crippen molar-refractivity contribution >= 4 is 10.9 Å². The molecule has 206 valence electrons. The number of aromatic nitrogens is 5. The zero-order valence-corrected chi connectivity index (χ0v) is 23.6.